The van der Waals surface area contributed by atoms with E-state index in [2.05, 4.69) is 33.1 Å². The molecule has 1 aliphatic rings. The molecule has 110 valence electrons. The van der Waals surface area contributed by atoms with Crippen molar-refractivity contribution in [3.8, 4) is 0 Å². The van der Waals surface area contributed by atoms with Crippen LogP contribution in [0.1, 0.15) is 24.9 Å². The maximum atomic E-state index is 13.4. The van der Waals surface area contributed by atoms with Crippen molar-refractivity contribution in [3.05, 3.63) is 34.1 Å². The van der Waals surface area contributed by atoms with Gasteiger partial charge in [0.15, 0.2) is 0 Å². The van der Waals surface area contributed by atoms with E-state index >= 15 is 0 Å². The van der Waals surface area contributed by atoms with Crippen LogP contribution in [0.25, 0.3) is 0 Å². The first-order valence-corrected chi connectivity index (χ1v) is 6.90. The lowest BCUT2D eigenvalue weighted by atomic mass is 10.0. The number of hydrogen-bond donors (Lipinski definition) is 1. The summed E-state index contributed by atoms with van der Waals surface area (Å²) in [6.45, 7) is 6.27. The molecular formula is C13H20BrCl2FN2. The van der Waals surface area contributed by atoms with Crippen LogP contribution >= 0.6 is 40.7 Å². The number of hydrogen-bond acceptors (Lipinski definition) is 2. The molecule has 1 fully saturated rings. The van der Waals surface area contributed by atoms with Gasteiger partial charge in [-0.3, -0.25) is 4.90 Å². The molecule has 0 amide bonds. The van der Waals surface area contributed by atoms with E-state index < -0.39 is 0 Å². The smallest absolute Gasteiger partial charge is 0.124 e. The first kappa shape index (κ1) is 19.1. The van der Waals surface area contributed by atoms with Gasteiger partial charge in [-0.25, -0.2) is 4.39 Å². The molecular weight excluding hydrogens is 354 g/mol. The molecule has 0 spiro atoms. The Hall–Kier alpha value is 0.130. The van der Waals surface area contributed by atoms with Crippen LogP contribution in [0.4, 0.5) is 4.39 Å². The van der Waals surface area contributed by atoms with Crippen molar-refractivity contribution in [3.63, 3.8) is 0 Å². The van der Waals surface area contributed by atoms with Gasteiger partial charge < -0.3 is 5.32 Å². The van der Waals surface area contributed by atoms with Crippen molar-refractivity contribution in [2.45, 2.75) is 19.4 Å². The molecule has 19 heavy (non-hydrogen) atoms. The van der Waals surface area contributed by atoms with E-state index in [4.69, 9.17) is 0 Å². The van der Waals surface area contributed by atoms with E-state index in [1.807, 2.05) is 6.07 Å². The molecule has 0 saturated carbocycles. The maximum Gasteiger partial charge on any atom is 0.124 e. The van der Waals surface area contributed by atoms with Crippen LogP contribution in [0.2, 0.25) is 0 Å². The summed E-state index contributed by atoms with van der Waals surface area (Å²) in [5.74, 6) is -0.164. The van der Waals surface area contributed by atoms with Gasteiger partial charge in [0, 0.05) is 36.7 Å². The van der Waals surface area contributed by atoms with Crippen LogP contribution in [0.3, 0.4) is 0 Å². The minimum atomic E-state index is -0.164. The van der Waals surface area contributed by atoms with Crippen LogP contribution in [0.15, 0.2) is 22.7 Å². The van der Waals surface area contributed by atoms with Crippen molar-refractivity contribution < 1.29 is 4.39 Å². The first-order valence-electron chi connectivity index (χ1n) is 6.11. The Balaban J connectivity index is 0.00000162. The summed E-state index contributed by atoms with van der Waals surface area (Å²) in [5, 5.41) is 3.34. The van der Waals surface area contributed by atoms with Gasteiger partial charge in [-0.2, -0.15) is 0 Å². The Morgan fingerprint density at radius 2 is 1.89 bits per heavy atom. The largest absolute Gasteiger partial charge is 0.314 e. The van der Waals surface area contributed by atoms with E-state index in [0.29, 0.717) is 6.04 Å². The van der Waals surface area contributed by atoms with Crippen LogP contribution in [0, 0.1) is 5.82 Å². The molecule has 6 heteroatoms. The summed E-state index contributed by atoms with van der Waals surface area (Å²) >= 11 is 3.36. The second-order valence-electron chi connectivity index (χ2n) is 4.41. The Morgan fingerprint density at radius 3 is 2.42 bits per heavy atom. The average Bonchev–Trinajstić information content (AvgIpc) is 2.30. The van der Waals surface area contributed by atoms with Gasteiger partial charge in [-0.05, 0) is 30.2 Å². The van der Waals surface area contributed by atoms with Gasteiger partial charge in [0.05, 0.1) is 0 Å². The van der Waals surface area contributed by atoms with Gasteiger partial charge in [0.2, 0.25) is 0 Å². The Morgan fingerprint density at radius 1 is 1.26 bits per heavy atom. The van der Waals surface area contributed by atoms with Gasteiger partial charge in [0.25, 0.3) is 0 Å². The highest BCUT2D eigenvalue weighted by Crippen LogP contribution is 2.27. The molecule has 0 unspecified atom stereocenters. The summed E-state index contributed by atoms with van der Waals surface area (Å²) in [5.41, 5.74) is 1.07. The van der Waals surface area contributed by atoms with Gasteiger partial charge in [-0.1, -0.05) is 22.9 Å². The summed E-state index contributed by atoms with van der Waals surface area (Å²) in [7, 11) is 0. The van der Waals surface area contributed by atoms with E-state index in [1.165, 1.54) is 6.07 Å². The molecule has 1 heterocycles. The summed E-state index contributed by atoms with van der Waals surface area (Å²) in [6.07, 6.45) is 1.01. The predicted molar refractivity (Wildman–Crippen MR) is 86.1 cm³/mol. The average molecular weight is 374 g/mol. The molecule has 1 aliphatic heterocycles. The fourth-order valence-electron chi connectivity index (χ4n) is 2.47. The van der Waals surface area contributed by atoms with Crippen molar-refractivity contribution in [2.24, 2.45) is 0 Å². The first-order chi connectivity index (χ1) is 8.20. The van der Waals surface area contributed by atoms with Crippen LogP contribution in [-0.2, 0) is 0 Å². The van der Waals surface area contributed by atoms with Crippen molar-refractivity contribution in [1.82, 2.24) is 10.2 Å². The third-order valence-electron chi connectivity index (χ3n) is 3.25. The van der Waals surface area contributed by atoms with Gasteiger partial charge in [0.1, 0.15) is 5.82 Å². The topological polar surface area (TPSA) is 15.3 Å². The molecule has 1 atom stereocenters. The monoisotopic (exact) mass is 372 g/mol. The van der Waals surface area contributed by atoms with Crippen molar-refractivity contribution in [1.29, 1.82) is 0 Å². The number of benzene rings is 1. The van der Waals surface area contributed by atoms with E-state index in [0.717, 1.165) is 42.6 Å². The number of halogens is 4. The second-order valence-corrected chi connectivity index (χ2v) is 5.33. The second kappa shape index (κ2) is 9.14. The van der Waals surface area contributed by atoms with Crippen LogP contribution < -0.4 is 5.32 Å². The molecule has 0 aromatic heterocycles. The molecule has 2 nitrogen and oxygen atoms in total. The third-order valence-corrected chi connectivity index (χ3v) is 3.71. The molecule has 0 bridgehead atoms. The quantitative estimate of drug-likeness (QED) is 0.867. The fraction of sp³-hybridized carbons (Fsp3) is 0.538. The zero-order valence-corrected chi connectivity index (χ0v) is 14.1. The van der Waals surface area contributed by atoms with Crippen LogP contribution in [-0.4, -0.2) is 31.1 Å². The minimum absolute atomic E-state index is 0. The highest BCUT2D eigenvalue weighted by molar-refractivity contribution is 9.10. The number of rotatable bonds is 3. The molecule has 1 aromatic carbocycles. The summed E-state index contributed by atoms with van der Waals surface area (Å²) in [4.78, 5) is 2.43. The highest BCUT2D eigenvalue weighted by Gasteiger charge is 2.21. The summed E-state index contributed by atoms with van der Waals surface area (Å²) < 4.78 is 14.3. The van der Waals surface area contributed by atoms with Gasteiger partial charge >= 0.3 is 0 Å². The molecule has 1 N–H and O–H groups in total. The molecule has 1 aromatic rings. The zero-order valence-electron chi connectivity index (χ0n) is 10.9. The van der Waals surface area contributed by atoms with E-state index in [9.17, 15) is 4.39 Å². The Labute approximate surface area is 135 Å². The standard InChI is InChI=1S/C13H18BrFN2.2ClH/c1-2-13(17-5-3-16-4-6-17)10-7-11(14)9-12(15)8-10;;/h7-9,13,16H,2-6H2,1H3;2*1H/t13-;;/m1../s1. The fourth-order valence-corrected chi connectivity index (χ4v) is 2.95. The lowest BCUT2D eigenvalue weighted by Gasteiger charge is -2.34. The zero-order chi connectivity index (χ0) is 12.3. The Kier molecular flexibility index (Phi) is 9.20. The summed E-state index contributed by atoms with van der Waals surface area (Å²) in [6, 6.07) is 5.51. The highest BCUT2D eigenvalue weighted by atomic mass is 79.9. The predicted octanol–water partition coefficient (Wildman–Crippen LogP) is 3.79. The maximum absolute atomic E-state index is 13.4. The van der Waals surface area contributed by atoms with Crippen molar-refractivity contribution in [2.75, 3.05) is 26.2 Å². The van der Waals surface area contributed by atoms with Crippen LogP contribution in [0.5, 0.6) is 0 Å². The van der Waals surface area contributed by atoms with Gasteiger partial charge in [-0.15, -0.1) is 24.8 Å². The normalized spacial score (nSPS) is 17.2. The molecule has 0 radical (unpaired) electrons. The van der Waals surface area contributed by atoms with E-state index in [-0.39, 0.29) is 30.6 Å². The number of nitrogens with one attached hydrogen (secondary N) is 1. The Bertz CT molecular complexity index is 367. The number of nitrogens with zero attached hydrogens (tertiary/aromatic N) is 1. The molecule has 0 aliphatic carbocycles. The SMILES string of the molecule is CC[C@H](c1cc(F)cc(Br)c1)N1CCNCC1.Cl.Cl. The molecule has 1 saturated heterocycles. The minimum Gasteiger partial charge on any atom is -0.314 e. The molecule has 2 rings (SSSR count). The van der Waals surface area contributed by atoms with E-state index in [1.54, 1.807) is 6.07 Å². The lowest BCUT2D eigenvalue weighted by Crippen LogP contribution is -2.45. The van der Waals surface area contributed by atoms with Crippen molar-refractivity contribution >= 4 is 40.7 Å². The third kappa shape index (κ3) is 5.20. The lowest BCUT2D eigenvalue weighted by molar-refractivity contribution is 0.169. The number of piperazine rings is 1.